The molecule has 0 aliphatic rings. The molecule has 0 aliphatic heterocycles. The lowest BCUT2D eigenvalue weighted by atomic mass is 10.1. The van der Waals surface area contributed by atoms with Gasteiger partial charge in [0.15, 0.2) is 5.82 Å². The third-order valence-corrected chi connectivity index (χ3v) is 4.22. The van der Waals surface area contributed by atoms with Gasteiger partial charge in [-0.15, -0.1) is 10.2 Å². The maximum atomic E-state index is 12.1. The number of nitrogens with zero attached hydrogens (tertiary/aromatic N) is 3. The summed E-state index contributed by atoms with van der Waals surface area (Å²) in [5.41, 5.74) is 3.01. The zero-order valence-corrected chi connectivity index (χ0v) is 15.0. The summed E-state index contributed by atoms with van der Waals surface area (Å²) in [5.74, 6) is 1.57. The molecule has 0 bridgehead atoms. The molecule has 0 unspecified atom stereocenters. The number of benzene rings is 2. The highest BCUT2D eigenvalue weighted by atomic mass is 16.1. The van der Waals surface area contributed by atoms with Crippen LogP contribution in [0.5, 0.6) is 0 Å². The van der Waals surface area contributed by atoms with Crippen LogP contribution in [0.1, 0.15) is 18.3 Å². The Morgan fingerprint density at radius 2 is 1.69 bits per heavy atom. The first-order valence-electron chi connectivity index (χ1n) is 8.60. The van der Waals surface area contributed by atoms with Crippen molar-refractivity contribution in [1.82, 2.24) is 20.1 Å². The predicted octanol–water partition coefficient (Wildman–Crippen LogP) is 3.24. The molecule has 1 aromatic heterocycles. The smallest absolute Gasteiger partial charge is 0.244 e. The predicted molar refractivity (Wildman–Crippen MR) is 103 cm³/mol. The molecule has 26 heavy (non-hydrogen) atoms. The molecule has 0 saturated heterocycles. The molecule has 1 N–H and O–H groups in total. The molecule has 5 nitrogen and oxygen atoms in total. The lowest BCUT2D eigenvalue weighted by Crippen LogP contribution is -2.24. The molecule has 0 atom stereocenters. The standard InChI is InChI=1S/C21H22N4O/c1-16(17-9-5-3-6-10-17)15-20(26)22-14-13-19-23-24-21(25(19)2)18-11-7-4-8-12-18/h3-12,15H,13-14H2,1-2H3,(H,22,26)/b16-15+. The third-order valence-electron chi connectivity index (χ3n) is 4.22. The van der Waals surface area contributed by atoms with E-state index < -0.39 is 0 Å². The molecule has 3 rings (SSSR count). The van der Waals surface area contributed by atoms with Crippen molar-refractivity contribution in [2.75, 3.05) is 6.54 Å². The molecule has 132 valence electrons. The van der Waals surface area contributed by atoms with Gasteiger partial charge in [-0.2, -0.15) is 0 Å². The van der Waals surface area contributed by atoms with E-state index in [4.69, 9.17) is 0 Å². The number of aromatic nitrogens is 3. The summed E-state index contributed by atoms with van der Waals surface area (Å²) in [4.78, 5) is 12.1. The molecule has 2 aromatic carbocycles. The average molecular weight is 346 g/mol. The van der Waals surface area contributed by atoms with Gasteiger partial charge in [0, 0.05) is 31.7 Å². The zero-order valence-electron chi connectivity index (χ0n) is 15.0. The van der Waals surface area contributed by atoms with E-state index in [9.17, 15) is 4.79 Å². The molecular weight excluding hydrogens is 324 g/mol. The van der Waals surface area contributed by atoms with Crippen LogP contribution in [-0.4, -0.2) is 27.2 Å². The molecule has 1 heterocycles. The van der Waals surface area contributed by atoms with Crippen molar-refractivity contribution >= 4 is 11.5 Å². The highest BCUT2D eigenvalue weighted by molar-refractivity contribution is 5.94. The van der Waals surface area contributed by atoms with Gasteiger partial charge < -0.3 is 9.88 Å². The highest BCUT2D eigenvalue weighted by Gasteiger charge is 2.10. The number of carbonyl (C=O) groups excluding carboxylic acids is 1. The SMILES string of the molecule is C/C(=C\C(=O)NCCc1nnc(-c2ccccc2)n1C)c1ccccc1. The Morgan fingerprint density at radius 3 is 2.38 bits per heavy atom. The zero-order chi connectivity index (χ0) is 18.4. The van der Waals surface area contributed by atoms with Crippen LogP contribution in [0.25, 0.3) is 17.0 Å². The summed E-state index contributed by atoms with van der Waals surface area (Å²) >= 11 is 0. The maximum absolute atomic E-state index is 12.1. The summed E-state index contributed by atoms with van der Waals surface area (Å²) in [5, 5.41) is 11.4. The fourth-order valence-electron chi connectivity index (χ4n) is 2.75. The first kappa shape index (κ1) is 17.6. The molecule has 3 aromatic rings. The minimum absolute atomic E-state index is 0.100. The second kappa shape index (κ2) is 8.25. The number of hydrogen-bond donors (Lipinski definition) is 1. The van der Waals surface area contributed by atoms with E-state index in [0.29, 0.717) is 13.0 Å². The van der Waals surface area contributed by atoms with Crippen molar-refractivity contribution in [2.24, 2.45) is 7.05 Å². The quantitative estimate of drug-likeness (QED) is 0.697. The largest absolute Gasteiger partial charge is 0.352 e. The molecule has 1 amide bonds. The number of nitrogens with one attached hydrogen (secondary N) is 1. The van der Waals surface area contributed by atoms with Gasteiger partial charge in [0.2, 0.25) is 5.91 Å². The Labute approximate surface area is 153 Å². The van der Waals surface area contributed by atoms with Crippen LogP contribution < -0.4 is 5.32 Å². The second-order valence-corrected chi connectivity index (χ2v) is 6.10. The summed E-state index contributed by atoms with van der Waals surface area (Å²) in [6, 6.07) is 19.8. The van der Waals surface area contributed by atoms with E-state index >= 15 is 0 Å². The van der Waals surface area contributed by atoms with Crippen LogP contribution >= 0.6 is 0 Å². The van der Waals surface area contributed by atoms with Gasteiger partial charge in [0.25, 0.3) is 0 Å². The van der Waals surface area contributed by atoms with E-state index in [1.807, 2.05) is 79.2 Å². The summed E-state index contributed by atoms with van der Waals surface area (Å²) in [6.07, 6.45) is 2.25. The highest BCUT2D eigenvalue weighted by Crippen LogP contribution is 2.16. The monoisotopic (exact) mass is 346 g/mol. The van der Waals surface area contributed by atoms with Crippen LogP contribution in [0.4, 0.5) is 0 Å². The lowest BCUT2D eigenvalue weighted by Gasteiger charge is -2.06. The lowest BCUT2D eigenvalue weighted by molar-refractivity contribution is -0.116. The van der Waals surface area contributed by atoms with Crippen molar-refractivity contribution < 1.29 is 4.79 Å². The Hall–Kier alpha value is -3.21. The van der Waals surface area contributed by atoms with Crippen molar-refractivity contribution in [3.8, 4) is 11.4 Å². The number of carbonyl (C=O) groups is 1. The van der Waals surface area contributed by atoms with Crippen molar-refractivity contribution in [3.63, 3.8) is 0 Å². The maximum Gasteiger partial charge on any atom is 0.244 e. The molecule has 0 radical (unpaired) electrons. The number of rotatable bonds is 6. The first-order chi connectivity index (χ1) is 12.6. The van der Waals surface area contributed by atoms with Crippen LogP contribution in [0.2, 0.25) is 0 Å². The van der Waals surface area contributed by atoms with Gasteiger partial charge >= 0.3 is 0 Å². The van der Waals surface area contributed by atoms with E-state index in [1.165, 1.54) is 0 Å². The van der Waals surface area contributed by atoms with E-state index in [1.54, 1.807) is 6.08 Å². The van der Waals surface area contributed by atoms with Gasteiger partial charge in [-0.3, -0.25) is 4.79 Å². The van der Waals surface area contributed by atoms with Crippen LogP contribution in [0.3, 0.4) is 0 Å². The fraction of sp³-hybridized carbons (Fsp3) is 0.190. The van der Waals surface area contributed by atoms with Crippen LogP contribution in [-0.2, 0) is 18.3 Å². The van der Waals surface area contributed by atoms with Crippen LogP contribution in [0.15, 0.2) is 66.7 Å². The Kier molecular flexibility index (Phi) is 5.59. The minimum Gasteiger partial charge on any atom is -0.352 e. The van der Waals surface area contributed by atoms with E-state index in [-0.39, 0.29) is 5.91 Å². The first-order valence-corrected chi connectivity index (χ1v) is 8.60. The van der Waals surface area contributed by atoms with Gasteiger partial charge in [-0.1, -0.05) is 60.7 Å². The van der Waals surface area contributed by atoms with Crippen LogP contribution in [0, 0.1) is 0 Å². The van der Waals surface area contributed by atoms with Gasteiger partial charge in [-0.25, -0.2) is 0 Å². The molecule has 0 spiro atoms. The molecule has 0 aliphatic carbocycles. The van der Waals surface area contributed by atoms with Crippen molar-refractivity contribution in [3.05, 3.63) is 78.1 Å². The number of amides is 1. The van der Waals surface area contributed by atoms with E-state index in [2.05, 4.69) is 15.5 Å². The molecule has 0 saturated carbocycles. The number of hydrogen-bond acceptors (Lipinski definition) is 3. The number of allylic oxidation sites excluding steroid dienone is 1. The second-order valence-electron chi connectivity index (χ2n) is 6.10. The Balaban J connectivity index is 1.57. The summed E-state index contributed by atoms with van der Waals surface area (Å²) in [6.45, 7) is 2.45. The molecular formula is C21H22N4O. The van der Waals surface area contributed by atoms with Crippen molar-refractivity contribution in [1.29, 1.82) is 0 Å². The summed E-state index contributed by atoms with van der Waals surface area (Å²) < 4.78 is 1.96. The summed E-state index contributed by atoms with van der Waals surface area (Å²) in [7, 11) is 1.94. The molecule has 5 heteroatoms. The fourth-order valence-corrected chi connectivity index (χ4v) is 2.75. The Bertz CT molecular complexity index is 898. The van der Waals surface area contributed by atoms with Gasteiger partial charge in [0.05, 0.1) is 0 Å². The normalized spacial score (nSPS) is 11.4. The van der Waals surface area contributed by atoms with Gasteiger partial charge in [-0.05, 0) is 18.1 Å². The van der Waals surface area contributed by atoms with E-state index in [0.717, 1.165) is 28.3 Å². The van der Waals surface area contributed by atoms with Gasteiger partial charge in [0.1, 0.15) is 5.82 Å². The Morgan fingerprint density at radius 1 is 1.04 bits per heavy atom. The third kappa shape index (κ3) is 4.25. The topological polar surface area (TPSA) is 59.8 Å². The average Bonchev–Trinajstić information content (AvgIpc) is 3.04. The molecule has 0 fully saturated rings. The minimum atomic E-state index is -0.100. The van der Waals surface area contributed by atoms with Crippen molar-refractivity contribution in [2.45, 2.75) is 13.3 Å².